The fourth-order valence-corrected chi connectivity index (χ4v) is 1.71. The van der Waals surface area contributed by atoms with Crippen LogP contribution >= 0.6 is 0 Å². The maximum absolute atomic E-state index is 9.58. The Morgan fingerprint density at radius 2 is 2.24 bits per heavy atom. The van der Waals surface area contributed by atoms with Crippen molar-refractivity contribution in [2.24, 2.45) is 5.73 Å². The van der Waals surface area contributed by atoms with Gasteiger partial charge in [0, 0.05) is 19.1 Å². The van der Waals surface area contributed by atoms with Crippen LogP contribution in [-0.2, 0) is 6.42 Å². The van der Waals surface area contributed by atoms with E-state index in [4.69, 9.17) is 10.5 Å². The third-order valence-electron chi connectivity index (χ3n) is 2.50. The molecule has 1 atom stereocenters. The zero-order chi connectivity index (χ0) is 12.7. The summed E-state index contributed by atoms with van der Waals surface area (Å²) in [5.41, 5.74) is 6.58. The number of benzene rings is 1. The van der Waals surface area contributed by atoms with Crippen LogP contribution in [0, 0.1) is 0 Å². The van der Waals surface area contributed by atoms with Crippen LogP contribution in [-0.4, -0.2) is 30.8 Å². The molecule has 4 N–H and O–H groups in total. The van der Waals surface area contributed by atoms with Gasteiger partial charge in [0.15, 0.2) is 11.5 Å². The largest absolute Gasteiger partial charge is 0.504 e. The van der Waals surface area contributed by atoms with E-state index in [9.17, 15) is 5.11 Å². The molecule has 0 fully saturated rings. The molecule has 96 valence electrons. The summed E-state index contributed by atoms with van der Waals surface area (Å²) in [5, 5.41) is 12.9. The zero-order valence-corrected chi connectivity index (χ0v) is 10.6. The first-order chi connectivity index (χ1) is 8.17. The highest BCUT2D eigenvalue weighted by Crippen LogP contribution is 2.27. The lowest BCUT2D eigenvalue weighted by molar-refractivity contribution is 0.317. The molecule has 0 saturated carbocycles. The molecule has 0 aliphatic rings. The number of nitrogens with two attached hydrogens (primary N) is 1. The summed E-state index contributed by atoms with van der Waals surface area (Å²) >= 11 is 0. The maximum Gasteiger partial charge on any atom is 0.161 e. The fourth-order valence-electron chi connectivity index (χ4n) is 1.71. The molecule has 0 aliphatic carbocycles. The van der Waals surface area contributed by atoms with Crippen molar-refractivity contribution in [2.45, 2.75) is 26.3 Å². The van der Waals surface area contributed by atoms with Gasteiger partial charge in [-0.3, -0.25) is 0 Å². The second-order valence-corrected chi connectivity index (χ2v) is 4.08. The van der Waals surface area contributed by atoms with Gasteiger partial charge < -0.3 is 20.9 Å². The molecule has 1 rings (SSSR count). The minimum Gasteiger partial charge on any atom is -0.504 e. The van der Waals surface area contributed by atoms with Crippen LogP contribution in [0.2, 0.25) is 0 Å². The van der Waals surface area contributed by atoms with E-state index in [2.05, 4.69) is 12.2 Å². The van der Waals surface area contributed by atoms with Crippen LogP contribution in [0.5, 0.6) is 11.5 Å². The highest BCUT2D eigenvalue weighted by molar-refractivity contribution is 5.42. The minimum atomic E-state index is 0.193. The van der Waals surface area contributed by atoms with E-state index in [1.165, 1.54) is 0 Å². The first-order valence-electron chi connectivity index (χ1n) is 6.05. The number of hydrogen-bond donors (Lipinski definition) is 3. The monoisotopic (exact) mass is 238 g/mol. The molecule has 0 amide bonds. The summed E-state index contributed by atoms with van der Waals surface area (Å²) in [4.78, 5) is 0. The quantitative estimate of drug-likeness (QED) is 0.669. The van der Waals surface area contributed by atoms with E-state index in [-0.39, 0.29) is 5.75 Å². The number of rotatable bonds is 7. The van der Waals surface area contributed by atoms with Crippen LogP contribution in [0.3, 0.4) is 0 Å². The molecule has 0 saturated heterocycles. The Morgan fingerprint density at radius 1 is 1.47 bits per heavy atom. The van der Waals surface area contributed by atoms with Crippen molar-refractivity contribution in [1.82, 2.24) is 5.32 Å². The van der Waals surface area contributed by atoms with E-state index >= 15 is 0 Å². The Kier molecular flexibility index (Phi) is 5.80. The lowest BCUT2D eigenvalue weighted by Crippen LogP contribution is -2.32. The van der Waals surface area contributed by atoms with Crippen molar-refractivity contribution in [3.05, 3.63) is 23.8 Å². The van der Waals surface area contributed by atoms with Gasteiger partial charge in [-0.1, -0.05) is 6.07 Å². The fraction of sp³-hybridized carbons (Fsp3) is 0.538. The molecule has 4 nitrogen and oxygen atoms in total. The van der Waals surface area contributed by atoms with E-state index in [0.717, 1.165) is 18.5 Å². The standard InChI is InChI=1S/C13H22N2O2/c1-3-17-13-9-11(4-5-12(13)16)8-10(2)15-7-6-14/h4-5,9-10,15-16H,3,6-8,14H2,1-2H3. The van der Waals surface area contributed by atoms with Crippen molar-refractivity contribution in [3.63, 3.8) is 0 Å². The summed E-state index contributed by atoms with van der Waals surface area (Å²) in [5.74, 6) is 0.745. The molecule has 4 heteroatoms. The number of nitrogens with one attached hydrogen (secondary N) is 1. The third-order valence-corrected chi connectivity index (χ3v) is 2.50. The summed E-state index contributed by atoms with van der Waals surface area (Å²) in [7, 11) is 0. The lowest BCUT2D eigenvalue weighted by Gasteiger charge is -2.14. The molecule has 0 radical (unpaired) electrons. The predicted octanol–water partition coefficient (Wildman–Crippen LogP) is 1.27. The highest BCUT2D eigenvalue weighted by Gasteiger charge is 2.06. The summed E-state index contributed by atoms with van der Waals surface area (Å²) < 4.78 is 5.35. The second-order valence-electron chi connectivity index (χ2n) is 4.08. The van der Waals surface area contributed by atoms with Crippen molar-refractivity contribution < 1.29 is 9.84 Å². The van der Waals surface area contributed by atoms with Gasteiger partial charge in [0.05, 0.1) is 6.61 Å². The molecule has 0 heterocycles. The SMILES string of the molecule is CCOc1cc(CC(C)NCCN)ccc1O. The Bertz CT molecular complexity index is 342. The minimum absolute atomic E-state index is 0.193. The predicted molar refractivity (Wildman–Crippen MR) is 69.5 cm³/mol. The average molecular weight is 238 g/mol. The molecular weight excluding hydrogens is 216 g/mol. The van der Waals surface area contributed by atoms with Crippen LogP contribution < -0.4 is 15.8 Å². The summed E-state index contributed by atoms with van der Waals surface area (Å²) in [6.07, 6.45) is 0.889. The summed E-state index contributed by atoms with van der Waals surface area (Å²) in [6, 6.07) is 5.84. The Morgan fingerprint density at radius 3 is 2.88 bits per heavy atom. The number of phenolic OH excluding ortho intramolecular Hbond substituents is 1. The number of phenols is 1. The van der Waals surface area contributed by atoms with Gasteiger partial charge >= 0.3 is 0 Å². The average Bonchev–Trinajstić information content (AvgIpc) is 2.31. The van der Waals surface area contributed by atoms with Crippen LogP contribution in [0.25, 0.3) is 0 Å². The van der Waals surface area contributed by atoms with Crippen LogP contribution in [0.15, 0.2) is 18.2 Å². The molecule has 1 aromatic carbocycles. The van der Waals surface area contributed by atoms with Crippen LogP contribution in [0.1, 0.15) is 19.4 Å². The van der Waals surface area contributed by atoms with Gasteiger partial charge in [-0.05, 0) is 38.0 Å². The Hall–Kier alpha value is -1.26. The van der Waals surface area contributed by atoms with E-state index in [1.807, 2.05) is 19.1 Å². The maximum atomic E-state index is 9.58. The molecule has 0 aromatic heterocycles. The number of aromatic hydroxyl groups is 1. The Balaban J connectivity index is 2.61. The van der Waals surface area contributed by atoms with Gasteiger partial charge in [-0.15, -0.1) is 0 Å². The molecule has 0 bridgehead atoms. The van der Waals surface area contributed by atoms with Gasteiger partial charge in [0.2, 0.25) is 0 Å². The second kappa shape index (κ2) is 7.14. The third kappa shape index (κ3) is 4.63. The molecule has 17 heavy (non-hydrogen) atoms. The molecule has 1 unspecified atom stereocenters. The first-order valence-corrected chi connectivity index (χ1v) is 6.05. The van der Waals surface area contributed by atoms with E-state index < -0.39 is 0 Å². The van der Waals surface area contributed by atoms with Gasteiger partial charge in [0.1, 0.15) is 0 Å². The molecule has 0 aliphatic heterocycles. The molecular formula is C13H22N2O2. The Labute approximate surface area is 103 Å². The smallest absolute Gasteiger partial charge is 0.161 e. The van der Waals surface area contributed by atoms with E-state index in [1.54, 1.807) is 6.07 Å². The molecule has 1 aromatic rings. The van der Waals surface area contributed by atoms with Gasteiger partial charge in [-0.2, -0.15) is 0 Å². The molecule has 0 spiro atoms. The topological polar surface area (TPSA) is 67.5 Å². The summed E-state index contributed by atoms with van der Waals surface area (Å²) in [6.45, 7) is 6.03. The normalized spacial score (nSPS) is 12.4. The zero-order valence-electron chi connectivity index (χ0n) is 10.6. The van der Waals surface area contributed by atoms with Crippen molar-refractivity contribution >= 4 is 0 Å². The van der Waals surface area contributed by atoms with Crippen molar-refractivity contribution in [2.75, 3.05) is 19.7 Å². The first kappa shape index (κ1) is 13.8. The lowest BCUT2D eigenvalue weighted by atomic mass is 10.1. The van der Waals surface area contributed by atoms with Crippen molar-refractivity contribution in [3.8, 4) is 11.5 Å². The van der Waals surface area contributed by atoms with Gasteiger partial charge in [-0.25, -0.2) is 0 Å². The van der Waals surface area contributed by atoms with E-state index in [0.29, 0.717) is 24.9 Å². The highest BCUT2D eigenvalue weighted by atomic mass is 16.5. The number of hydrogen-bond acceptors (Lipinski definition) is 4. The number of ether oxygens (including phenoxy) is 1. The van der Waals surface area contributed by atoms with Crippen molar-refractivity contribution in [1.29, 1.82) is 0 Å². The van der Waals surface area contributed by atoms with Crippen LogP contribution in [0.4, 0.5) is 0 Å². The van der Waals surface area contributed by atoms with Gasteiger partial charge in [0.25, 0.3) is 0 Å².